The Bertz CT molecular complexity index is 839. The summed E-state index contributed by atoms with van der Waals surface area (Å²) in [5.41, 5.74) is 9.29. The van der Waals surface area contributed by atoms with Gasteiger partial charge in [0.15, 0.2) is 0 Å². The van der Waals surface area contributed by atoms with E-state index >= 15 is 0 Å². The molecule has 2 N–H and O–H groups in total. The van der Waals surface area contributed by atoms with Crippen LogP contribution in [0.5, 0.6) is 5.75 Å². The van der Waals surface area contributed by atoms with Gasteiger partial charge in [-0.25, -0.2) is 14.4 Å². The quantitative estimate of drug-likeness (QED) is 0.905. The van der Waals surface area contributed by atoms with E-state index in [2.05, 4.69) is 14.9 Å². The van der Waals surface area contributed by atoms with Crippen molar-refractivity contribution in [2.24, 2.45) is 0 Å². The van der Waals surface area contributed by atoms with E-state index in [4.69, 9.17) is 22.1 Å². The van der Waals surface area contributed by atoms with Crippen molar-refractivity contribution in [2.75, 3.05) is 25.4 Å². The predicted molar refractivity (Wildman–Crippen MR) is 90.1 cm³/mol. The molecule has 2 aliphatic rings. The number of fused-ring (bicyclic) bond motifs is 2. The molecule has 0 spiro atoms. The van der Waals surface area contributed by atoms with E-state index in [9.17, 15) is 4.39 Å². The third-order valence-corrected chi connectivity index (χ3v) is 4.81. The highest BCUT2D eigenvalue weighted by molar-refractivity contribution is 6.49. The number of nitrogen functional groups attached to an aromatic ring is 1. The van der Waals surface area contributed by atoms with Gasteiger partial charge in [-0.1, -0.05) is 11.6 Å². The van der Waals surface area contributed by atoms with Gasteiger partial charge in [-0.05, 0) is 18.2 Å². The van der Waals surface area contributed by atoms with E-state index in [1.165, 1.54) is 12.1 Å². The predicted octanol–water partition coefficient (Wildman–Crippen LogP) is 2.60. The molecule has 3 heterocycles. The lowest BCUT2D eigenvalue weighted by molar-refractivity contribution is 0.254. The molecule has 0 saturated heterocycles. The summed E-state index contributed by atoms with van der Waals surface area (Å²) >= 11 is 6.49. The fourth-order valence-corrected chi connectivity index (χ4v) is 3.39. The largest absolute Gasteiger partial charge is 0.488 e. The van der Waals surface area contributed by atoms with E-state index < -0.39 is 0 Å². The normalized spacial score (nSPS) is 17.2. The second kappa shape index (κ2) is 6.03. The molecule has 7 heteroatoms. The Hall–Kier alpha value is -2.18. The summed E-state index contributed by atoms with van der Waals surface area (Å²) < 4.78 is 19.2. The maximum absolute atomic E-state index is 13.5. The molecule has 0 unspecified atom stereocenters. The van der Waals surface area contributed by atoms with Crippen LogP contribution in [-0.4, -0.2) is 34.6 Å². The van der Waals surface area contributed by atoms with Gasteiger partial charge in [0.25, 0.3) is 0 Å². The van der Waals surface area contributed by atoms with Gasteiger partial charge in [-0.15, -0.1) is 0 Å². The minimum absolute atomic E-state index is 0.312. The molecule has 0 atom stereocenters. The van der Waals surface area contributed by atoms with Crippen LogP contribution in [0.4, 0.5) is 10.3 Å². The van der Waals surface area contributed by atoms with Gasteiger partial charge in [0.1, 0.15) is 18.2 Å². The first-order valence-corrected chi connectivity index (χ1v) is 8.11. The summed E-state index contributed by atoms with van der Waals surface area (Å²) in [7, 11) is 0. The highest BCUT2D eigenvalue weighted by atomic mass is 35.5. The van der Waals surface area contributed by atoms with Crippen LogP contribution in [0.3, 0.4) is 0 Å². The molecule has 1 aromatic carbocycles. The fourth-order valence-electron chi connectivity index (χ4n) is 3.13. The van der Waals surface area contributed by atoms with Gasteiger partial charge in [0.05, 0.1) is 10.7 Å². The summed E-state index contributed by atoms with van der Waals surface area (Å²) in [6.45, 7) is 2.67. The zero-order valence-corrected chi connectivity index (χ0v) is 13.7. The molecule has 1 aromatic heterocycles. The van der Waals surface area contributed by atoms with Crippen molar-refractivity contribution < 1.29 is 9.13 Å². The maximum Gasteiger partial charge on any atom is 0.220 e. The first-order chi connectivity index (χ1) is 11.6. The van der Waals surface area contributed by atoms with Crippen LogP contribution in [0, 0.1) is 5.82 Å². The first-order valence-electron chi connectivity index (χ1n) is 7.73. The van der Waals surface area contributed by atoms with Crippen LogP contribution in [0.2, 0.25) is 0 Å². The average molecular weight is 347 g/mol. The lowest BCUT2D eigenvalue weighted by atomic mass is 10.0. The molecule has 0 amide bonds. The molecule has 124 valence electrons. The van der Waals surface area contributed by atoms with Gasteiger partial charge in [-0.3, -0.25) is 4.90 Å². The lowest BCUT2D eigenvalue weighted by Crippen LogP contribution is -2.34. The highest BCUT2D eigenvalue weighted by Crippen LogP contribution is 2.36. The molecule has 0 fully saturated rings. The van der Waals surface area contributed by atoms with Gasteiger partial charge in [0.2, 0.25) is 5.95 Å². The van der Waals surface area contributed by atoms with Crippen molar-refractivity contribution in [2.45, 2.75) is 13.0 Å². The smallest absolute Gasteiger partial charge is 0.220 e. The molecule has 0 radical (unpaired) electrons. The van der Waals surface area contributed by atoms with Crippen LogP contribution in [-0.2, 0) is 13.0 Å². The molecule has 24 heavy (non-hydrogen) atoms. The highest BCUT2D eigenvalue weighted by Gasteiger charge is 2.24. The zero-order chi connectivity index (χ0) is 16.7. The average Bonchev–Trinajstić information content (AvgIpc) is 2.58. The standard InChI is InChI=1S/C17H16ClFN4O/c18-16-11(9-24-15-2-1-12(19)5-13(15)16)8-23-4-3-14-10(7-23)6-21-17(20)22-14/h1-2,5-6H,3-4,7-9H2,(H2,20,21,22). The molecule has 2 aromatic rings. The molecule has 0 aliphatic carbocycles. The van der Waals surface area contributed by atoms with Gasteiger partial charge < -0.3 is 10.5 Å². The number of ether oxygens (including phenoxy) is 1. The number of nitrogens with two attached hydrogens (primary N) is 1. The summed E-state index contributed by atoms with van der Waals surface area (Å²) in [5.74, 6) is 0.615. The zero-order valence-electron chi connectivity index (χ0n) is 12.9. The van der Waals surface area contributed by atoms with E-state index in [0.29, 0.717) is 35.4 Å². The third-order valence-electron chi connectivity index (χ3n) is 4.34. The number of aromatic nitrogens is 2. The SMILES string of the molecule is Nc1ncc2c(n1)CCN(CC1=C(Cl)c3cc(F)ccc3OC1)C2. The molecular weight excluding hydrogens is 331 g/mol. The minimum Gasteiger partial charge on any atom is -0.488 e. The number of nitrogens with zero attached hydrogens (tertiary/aromatic N) is 3. The Morgan fingerprint density at radius 2 is 2.25 bits per heavy atom. The number of hydrogen-bond donors (Lipinski definition) is 1. The van der Waals surface area contributed by atoms with Gasteiger partial charge in [-0.2, -0.15) is 0 Å². The van der Waals surface area contributed by atoms with Crippen molar-refractivity contribution in [3.63, 3.8) is 0 Å². The van der Waals surface area contributed by atoms with E-state index in [-0.39, 0.29) is 5.82 Å². The molecule has 4 rings (SSSR count). The second-order valence-electron chi connectivity index (χ2n) is 6.01. The number of benzene rings is 1. The summed E-state index contributed by atoms with van der Waals surface area (Å²) in [5, 5.41) is 0.579. The number of halogens is 2. The molecule has 5 nitrogen and oxygen atoms in total. The van der Waals surface area contributed by atoms with Crippen molar-refractivity contribution >= 4 is 22.6 Å². The second-order valence-corrected chi connectivity index (χ2v) is 6.39. The van der Waals surface area contributed by atoms with Crippen LogP contribution < -0.4 is 10.5 Å². The molecule has 2 aliphatic heterocycles. The van der Waals surface area contributed by atoms with Gasteiger partial charge >= 0.3 is 0 Å². The topological polar surface area (TPSA) is 64.3 Å². The Morgan fingerprint density at radius 1 is 1.38 bits per heavy atom. The fraction of sp³-hybridized carbons (Fsp3) is 0.294. The Labute approximate surface area is 143 Å². The van der Waals surface area contributed by atoms with E-state index in [0.717, 1.165) is 36.3 Å². The molecule has 0 saturated carbocycles. The monoisotopic (exact) mass is 346 g/mol. The van der Waals surface area contributed by atoms with Gasteiger partial charge in [0, 0.05) is 49.0 Å². The molecular formula is C17H16ClFN4O. The number of hydrogen-bond acceptors (Lipinski definition) is 5. The summed E-state index contributed by atoms with van der Waals surface area (Å²) in [4.78, 5) is 10.6. The minimum atomic E-state index is -0.321. The Morgan fingerprint density at radius 3 is 3.12 bits per heavy atom. The molecule has 0 bridgehead atoms. The van der Waals surface area contributed by atoms with Crippen LogP contribution in [0.15, 0.2) is 30.0 Å². The van der Waals surface area contributed by atoms with Crippen molar-refractivity contribution in [3.8, 4) is 5.75 Å². The van der Waals surface area contributed by atoms with Crippen LogP contribution in [0.1, 0.15) is 16.8 Å². The summed E-state index contributed by atoms with van der Waals surface area (Å²) in [6, 6.07) is 4.41. The van der Waals surface area contributed by atoms with Crippen molar-refractivity contribution in [3.05, 3.63) is 52.6 Å². The van der Waals surface area contributed by atoms with Crippen molar-refractivity contribution in [1.82, 2.24) is 14.9 Å². The summed E-state index contributed by atoms with van der Waals surface area (Å²) in [6.07, 6.45) is 2.60. The maximum atomic E-state index is 13.5. The van der Waals surface area contributed by atoms with Crippen molar-refractivity contribution in [1.29, 1.82) is 0 Å². The lowest BCUT2D eigenvalue weighted by Gasteiger charge is -2.30. The first kappa shape index (κ1) is 15.4. The number of anilines is 1. The Kier molecular flexibility index (Phi) is 3.86. The third kappa shape index (κ3) is 2.83. The van der Waals surface area contributed by atoms with Crippen LogP contribution in [0.25, 0.3) is 5.03 Å². The Balaban J connectivity index is 1.56. The van der Waals surface area contributed by atoms with E-state index in [1.807, 2.05) is 0 Å². The van der Waals surface area contributed by atoms with Crippen LogP contribution >= 0.6 is 11.6 Å². The van der Waals surface area contributed by atoms with E-state index in [1.54, 1.807) is 12.3 Å². The number of rotatable bonds is 2.